The van der Waals surface area contributed by atoms with Crippen molar-refractivity contribution >= 4 is 35.8 Å². The number of nitrogens with zero attached hydrogens (tertiary/aromatic N) is 2. The highest BCUT2D eigenvalue weighted by Gasteiger charge is 2.42. The van der Waals surface area contributed by atoms with Crippen molar-refractivity contribution in [3.05, 3.63) is 35.9 Å². The van der Waals surface area contributed by atoms with E-state index < -0.39 is 0 Å². The Morgan fingerprint density at radius 1 is 1.21 bits per heavy atom. The van der Waals surface area contributed by atoms with E-state index in [1.165, 1.54) is 18.4 Å². The lowest BCUT2D eigenvalue weighted by Gasteiger charge is -2.19. The average molecular weight is 444 g/mol. The highest BCUT2D eigenvalue weighted by molar-refractivity contribution is 14.0. The van der Waals surface area contributed by atoms with Crippen molar-refractivity contribution in [2.45, 2.75) is 26.2 Å². The summed E-state index contributed by atoms with van der Waals surface area (Å²) in [5.41, 5.74) is 1.72. The van der Waals surface area contributed by atoms with Gasteiger partial charge < -0.3 is 15.5 Å². The van der Waals surface area contributed by atoms with E-state index in [-0.39, 0.29) is 36.4 Å². The van der Waals surface area contributed by atoms with Gasteiger partial charge in [0.25, 0.3) is 0 Å². The van der Waals surface area contributed by atoms with Crippen molar-refractivity contribution in [2.24, 2.45) is 10.4 Å². The van der Waals surface area contributed by atoms with E-state index in [4.69, 9.17) is 0 Å². The van der Waals surface area contributed by atoms with Crippen LogP contribution in [0.3, 0.4) is 0 Å². The maximum Gasteiger partial charge on any atom is 0.243 e. The number of benzene rings is 1. The van der Waals surface area contributed by atoms with E-state index in [2.05, 4.69) is 46.0 Å². The van der Waals surface area contributed by atoms with Gasteiger partial charge in [0.2, 0.25) is 5.91 Å². The SMILES string of the molecule is CCNC(=NCC(=O)N(C)C)NCC1(Cc2ccccc2)CC1.I. The maximum atomic E-state index is 11.7. The Balaban J connectivity index is 0.00000288. The number of aliphatic imine (C=N–C) groups is 1. The molecule has 134 valence electrons. The molecule has 1 aromatic rings. The minimum atomic E-state index is 0. The third-order valence-electron chi connectivity index (χ3n) is 4.23. The predicted octanol–water partition coefficient (Wildman–Crippen LogP) is 2.27. The number of hydrogen-bond donors (Lipinski definition) is 2. The molecule has 2 rings (SSSR count). The number of halogens is 1. The molecular weight excluding hydrogens is 415 g/mol. The van der Waals surface area contributed by atoms with Crippen molar-refractivity contribution in [1.29, 1.82) is 0 Å². The van der Waals surface area contributed by atoms with E-state index in [0.29, 0.717) is 5.41 Å². The molecule has 6 heteroatoms. The molecule has 0 bridgehead atoms. The summed E-state index contributed by atoms with van der Waals surface area (Å²) in [6, 6.07) is 10.6. The van der Waals surface area contributed by atoms with Crippen LogP contribution in [0.5, 0.6) is 0 Å². The van der Waals surface area contributed by atoms with Crippen LogP contribution in [0.1, 0.15) is 25.3 Å². The number of guanidine groups is 1. The van der Waals surface area contributed by atoms with Crippen molar-refractivity contribution in [3.8, 4) is 0 Å². The van der Waals surface area contributed by atoms with Crippen molar-refractivity contribution < 1.29 is 4.79 Å². The van der Waals surface area contributed by atoms with Gasteiger partial charge in [0.1, 0.15) is 6.54 Å². The fourth-order valence-corrected chi connectivity index (χ4v) is 2.52. The molecule has 0 saturated heterocycles. The molecule has 1 aromatic carbocycles. The molecule has 1 amide bonds. The van der Waals surface area contributed by atoms with Gasteiger partial charge in [0, 0.05) is 27.2 Å². The first-order valence-electron chi connectivity index (χ1n) is 8.31. The monoisotopic (exact) mass is 444 g/mol. The third-order valence-corrected chi connectivity index (χ3v) is 4.23. The Morgan fingerprint density at radius 3 is 2.42 bits per heavy atom. The fourth-order valence-electron chi connectivity index (χ4n) is 2.52. The van der Waals surface area contributed by atoms with Gasteiger partial charge in [0.05, 0.1) is 0 Å². The van der Waals surface area contributed by atoms with Gasteiger partial charge in [-0.05, 0) is 37.2 Å². The Morgan fingerprint density at radius 2 is 1.88 bits per heavy atom. The summed E-state index contributed by atoms with van der Waals surface area (Å²) in [6.07, 6.45) is 3.58. The van der Waals surface area contributed by atoms with Crippen LogP contribution in [-0.4, -0.2) is 50.5 Å². The van der Waals surface area contributed by atoms with E-state index in [9.17, 15) is 4.79 Å². The van der Waals surface area contributed by atoms with E-state index in [1.54, 1.807) is 19.0 Å². The molecule has 0 atom stereocenters. The molecule has 0 aromatic heterocycles. The Labute approximate surface area is 162 Å². The minimum Gasteiger partial charge on any atom is -0.357 e. The van der Waals surface area contributed by atoms with Crippen LogP contribution in [0.2, 0.25) is 0 Å². The minimum absolute atomic E-state index is 0. The second-order valence-electron chi connectivity index (χ2n) is 6.50. The maximum absolute atomic E-state index is 11.7. The van der Waals surface area contributed by atoms with E-state index in [1.807, 2.05) is 6.92 Å². The Kier molecular flexibility index (Phi) is 8.52. The lowest BCUT2D eigenvalue weighted by atomic mass is 9.96. The number of likely N-dealkylation sites (N-methyl/N-ethyl adjacent to an activating group) is 1. The lowest BCUT2D eigenvalue weighted by Crippen LogP contribution is -2.41. The molecule has 0 aliphatic heterocycles. The molecule has 24 heavy (non-hydrogen) atoms. The second-order valence-corrected chi connectivity index (χ2v) is 6.50. The number of rotatable bonds is 7. The van der Waals surface area contributed by atoms with Gasteiger partial charge in [-0.15, -0.1) is 24.0 Å². The van der Waals surface area contributed by atoms with Gasteiger partial charge in [-0.3, -0.25) is 4.79 Å². The summed E-state index contributed by atoms with van der Waals surface area (Å²) in [5.74, 6) is 0.731. The summed E-state index contributed by atoms with van der Waals surface area (Å²) in [5, 5.41) is 6.62. The molecule has 0 heterocycles. The molecular formula is C18H29IN4O. The van der Waals surface area contributed by atoms with E-state index >= 15 is 0 Å². The average Bonchev–Trinajstić information content (AvgIpc) is 3.30. The Hall–Kier alpha value is -1.31. The molecule has 5 nitrogen and oxygen atoms in total. The van der Waals surface area contributed by atoms with Gasteiger partial charge >= 0.3 is 0 Å². The third kappa shape index (κ3) is 6.67. The highest BCUT2D eigenvalue weighted by Crippen LogP contribution is 2.47. The van der Waals surface area contributed by atoms with Crippen molar-refractivity contribution in [1.82, 2.24) is 15.5 Å². The Bertz CT molecular complexity index is 541. The number of amides is 1. The van der Waals surface area contributed by atoms with Crippen molar-refractivity contribution in [2.75, 3.05) is 33.7 Å². The molecule has 1 aliphatic carbocycles. The largest absolute Gasteiger partial charge is 0.357 e. The number of hydrogen-bond acceptors (Lipinski definition) is 2. The highest BCUT2D eigenvalue weighted by atomic mass is 127. The topological polar surface area (TPSA) is 56.7 Å². The molecule has 0 radical (unpaired) electrons. The van der Waals surface area contributed by atoms with Gasteiger partial charge in [-0.1, -0.05) is 30.3 Å². The number of carbonyl (C=O) groups excluding carboxylic acids is 1. The summed E-state index contributed by atoms with van der Waals surface area (Å²) >= 11 is 0. The fraction of sp³-hybridized carbons (Fsp3) is 0.556. The first-order chi connectivity index (χ1) is 11.0. The van der Waals surface area contributed by atoms with Gasteiger partial charge in [-0.2, -0.15) is 0 Å². The van der Waals surface area contributed by atoms with Crippen LogP contribution in [0.25, 0.3) is 0 Å². The quantitative estimate of drug-likeness (QED) is 0.386. The zero-order valence-electron chi connectivity index (χ0n) is 14.8. The predicted molar refractivity (Wildman–Crippen MR) is 110 cm³/mol. The molecule has 0 unspecified atom stereocenters. The molecule has 1 aliphatic rings. The zero-order chi connectivity index (χ0) is 16.7. The van der Waals surface area contributed by atoms with Crippen LogP contribution >= 0.6 is 24.0 Å². The summed E-state index contributed by atoms with van der Waals surface area (Å²) in [4.78, 5) is 17.6. The smallest absolute Gasteiger partial charge is 0.243 e. The van der Waals surface area contributed by atoms with Crippen LogP contribution in [0.4, 0.5) is 0 Å². The van der Waals surface area contributed by atoms with Crippen molar-refractivity contribution in [3.63, 3.8) is 0 Å². The van der Waals surface area contributed by atoms with E-state index in [0.717, 1.165) is 25.5 Å². The summed E-state index contributed by atoms with van der Waals surface area (Å²) in [6.45, 7) is 3.88. The lowest BCUT2D eigenvalue weighted by molar-refractivity contribution is -0.127. The van der Waals surface area contributed by atoms with Gasteiger partial charge in [-0.25, -0.2) is 4.99 Å². The van der Waals surface area contributed by atoms with Crippen LogP contribution in [-0.2, 0) is 11.2 Å². The molecule has 1 fully saturated rings. The number of nitrogens with one attached hydrogen (secondary N) is 2. The van der Waals surface area contributed by atoms with Crippen LogP contribution in [0.15, 0.2) is 35.3 Å². The summed E-state index contributed by atoms with van der Waals surface area (Å²) in [7, 11) is 3.49. The standard InChI is InChI=1S/C18H28N4O.HI/c1-4-19-17(20-13-16(23)22(2)3)21-14-18(10-11-18)12-15-8-6-5-7-9-15;/h5-9H,4,10-14H2,1-3H3,(H2,19,20,21);1H. The van der Waals surface area contributed by atoms with Gasteiger partial charge in [0.15, 0.2) is 5.96 Å². The molecule has 1 saturated carbocycles. The normalized spacial score (nSPS) is 15.2. The summed E-state index contributed by atoms with van der Waals surface area (Å²) < 4.78 is 0. The van der Waals surface area contributed by atoms with Crippen LogP contribution < -0.4 is 10.6 Å². The molecule has 2 N–H and O–H groups in total. The number of carbonyl (C=O) groups is 1. The molecule has 0 spiro atoms. The first-order valence-corrected chi connectivity index (χ1v) is 8.31. The zero-order valence-corrected chi connectivity index (χ0v) is 17.2. The second kappa shape index (κ2) is 9.86. The first kappa shape index (κ1) is 20.7. The van der Waals surface area contributed by atoms with Crippen LogP contribution in [0, 0.1) is 5.41 Å².